The van der Waals surface area contributed by atoms with Gasteiger partial charge in [0.2, 0.25) is 5.92 Å². The number of rotatable bonds is 3. The van der Waals surface area contributed by atoms with Crippen molar-refractivity contribution in [2.24, 2.45) is 0 Å². The van der Waals surface area contributed by atoms with Crippen molar-refractivity contribution in [2.75, 3.05) is 13.1 Å². The van der Waals surface area contributed by atoms with E-state index in [1.165, 1.54) is 5.56 Å². The molecule has 0 amide bonds. The monoisotopic (exact) mass is 287 g/mol. The summed E-state index contributed by atoms with van der Waals surface area (Å²) in [5.41, 5.74) is 2.28. The zero-order valence-corrected chi connectivity index (χ0v) is 12.0. The maximum atomic E-state index is 13.3. The van der Waals surface area contributed by atoms with Crippen molar-refractivity contribution < 1.29 is 8.78 Å². The Morgan fingerprint density at radius 2 is 2.05 bits per heavy atom. The molecule has 0 saturated carbocycles. The Morgan fingerprint density at radius 1 is 1.26 bits per heavy atom. The average molecular weight is 288 g/mol. The van der Waals surface area contributed by atoms with E-state index in [4.69, 9.17) is 11.6 Å². The summed E-state index contributed by atoms with van der Waals surface area (Å²) in [5, 5.41) is 0.730. The normalized spacial score (nSPS) is 20.2. The van der Waals surface area contributed by atoms with E-state index in [0.29, 0.717) is 19.5 Å². The molecule has 4 heteroatoms. The van der Waals surface area contributed by atoms with Gasteiger partial charge in [0.05, 0.1) is 0 Å². The Hall–Kier alpha value is -0.670. The van der Waals surface area contributed by atoms with E-state index >= 15 is 0 Å². The number of hydrogen-bond acceptors (Lipinski definition) is 1. The van der Waals surface area contributed by atoms with Crippen molar-refractivity contribution in [2.45, 2.75) is 45.1 Å². The molecule has 0 N–H and O–H groups in total. The molecule has 0 aliphatic carbocycles. The Labute approximate surface area is 118 Å². The third-order valence-corrected chi connectivity index (χ3v) is 4.09. The number of nitrogens with zero attached hydrogens (tertiary/aromatic N) is 1. The maximum absolute atomic E-state index is 13.3. The molecule has 1 fully saturated rings. The summed E-state index contributed by atoms with van der Waals surface area (Å²) in [4.78, 5) is 2.08. The molecule has 1 aliphatic heterocycles. The molecule has 19 heavy (non-hydrogen) atoms. The second kappa shape index (κ2) is 6.19. The van der Waals surface area contributed by atoms with Gasteiger partial charge in [-0.2, -0.15) is 0 Å². The molecule has 0 unspecified atom stereocenters. The van der Waals surface area contributed by atoms with Gasteiger partial charge in [-0.25, -0.2) is 8.78 Å². The van der Waals surface area contributed by atoms with Crippen LogP contribution in [0.2, 0.25) is 5.02 Å². The zero-order valence-electron chi connectivity index (χ0n) is 11.3. The van der Waals surface area contributed by atoms with Crippen molar-refractivity contribution in [3.8, 4) is 0 Å². The van der Waals surface area contributed by atoms with Crippen LogP contribution in [0.15, 0.2) is 18.2 Å². The van der Waals surface area contributed by atoms with Crippen molar-refractivity contribution in [3.05, 3.63) is 34.3 Å². The Kier molecular flexibility index (Phi) is 4.80. The molecule has 0 bridgehead atoms. The third-order valence-electron chi connectivity index (χ3n) is 3.72. The molecule has 0 aromatic heterocycles. The molecular weight excluding hydrogens is 268 g/mol. The van der Waals surface area contributed by atoms with Gasteiger partial charge >= 0.3 is 0 Å². The third kappa shape index (κ3) is 4.15. The molecule has 1 heterocycles. The van der Waals surface area contributed by atoms with E-state index in [2.05, 4.69) is 17.9 Å². The van der Waals surface area contributed by atoms with Gasteiger partial charge < -0.3 is 0 Å². The second-order valence-electron chi connectivity index (χ2n) is 5.26. The van der Waals surface area contributed by atoms with E-state index < -0.39 is 5.92 Å². The lowest BCUT2D eigenvalue weighted by Gasteiger charge is -2.21. The van der Waals surface area contributed by atoms with Crippen molar-refractivity contribution >= 4 is 11.6 Å². The highest BCUT2D eigenvalue weighted by Crippen LogP contribution is 2.29. The summed E-state index contributed by atoms with van der Waals surface area (Å²) in [6.07, 6.45) is 1.48. The summed E-state index contributed by atoms with van der Waals surface area (Å²) in [6.45, 7) is 3.93. The van der Waals surface area contributed by atoms with Gasteiger partial charge in [-0.3, -0.25) is 4.90 Å². The first-order valence-corrected chi connectivity index (χ1v) is 7.25. The molecule has 2 rings (SSSR count). The van der Waals surface area contributed by atoms with Crippen LogP contribution in [-0.4, -0.2) is 23.9 Å². The summed E-state index contributed by atoms with van der Waals surface area (Å²) in [5.74, 6) is -2.50. The highest BCUT2D eigenvalue weighted by Gasteiger charge is 2.31. The summed E-state index contributed by atoms with van der Waals surface area (Å²) in [7, 11) is 0. The minimum atomic E-state index is -2.50. The molecule has 1 aromatic rings. The van der Waals surface area contributed by atoms with Gasteiger partial charge in [-0.15, -0.1) is 0 Å². The highest BCUT2D eigenvalue weighted by atomic mass is 35.5. The first-order valence-electron chi connectivity index (χ1n) is 6.87. The maximum Gasteiger partial charge on any atom is 0.249 e. The molecule has 1 saturated heterocycles. The minimum Gasteiger partial charge on any atom is -0.299 e. The topological polar surface area (TPSA) is 3.24 Å². The van der Waals surface area contributed by atoms with Gasteiger partial charge in [-0.05, 0) is 36.6 Å². The van der Waals surface area contributed by atoms with Crippen LogP contribution in [0, 0.1) is 0 Å². The van der Waals surface area contributed by atoms with Crippen LogP contribution < -0.4 is 0 Å². The lowest BCUT2D eigenvalue weighted by molar-refractivity contribution is -0.0132. The molecule has 106 valence electrons. The van der Waals surface area contributed by atoms with E-state index in [9.17, 15) is 8.78 Å². The summed E-state index contributed by atoms with van der Waals surface area (Å²) >= 11 is 6.19. The van der Waals surface area contributed by atoms with Crippen LogP contribution in [0.3, 0.4) is 0 Å². The quantitative estimate of drug-likeness (QED) is 0.790. The fourth-order valence-corrected chi connectivity index (χ4v) is 2.67. The van der Waals surface area contributed by atoms with Crippen LogP contribution >= 0.6 is 11.6 Å². The highest BCUT2D eigenvalue weighted by molar-refractivity contribution is 6.31. The lowest BCUT2D eigenvalue weighted by Crippen LogP contribution is -2.25. The molecule has 1 aromatic carbocycles. The average Bonchev–Trinajstić information content (AvgIpc) is 2.54. The number of hydrogen-bond donors (Lipinski definition) is 0. The van der Waals surface area contributed by atoms with Gasteiger partial charge in [0.1, 0.15) is 0 Å². The molecule has 0 atom stereocenters. The van der Waals surface area contributed by atoms with Crippen LogP contribution in [0.1, 0.15) is 37.3 Å². The fraction of sp³-hybridized carbons (Fsp3) is 0.600. The summed E-state index contributed by atoms with van der Waals surface area (Å²) < 4.78 is 26.6. The van der Waals surface area contributed by atoms with Gasteiger partial charge in [-0.1, -0.05) is 30.7 Å². The SMILES string of the molecule is CCc1ccc(Cl)c(CN2CCCC(F)(F)CC2)c1. The summed E-state index contributed by atoms with van der Waals surface area (Å²) in [6, 6.07) is 6.01. The smallest absolute Gasteiger partial charge is 0.249 e. The van der Waals surface area contributed by atoms with Crippen molar-refractivity contribution in [1.82, 2.24) is 4.90 Å². The van der Waals surface area contributed by atoms with E-state index in [0.717, 1.165) is 23.6 Å². The second-order valence-corrected chi connectivity index (χ2v) is 5.67. The van der Waals surface area contributed by atoms with E-state index in [1.54, 1.807) is 0 Å². The van der Waals surface area contributed by atoms with Crippen molar-refractivity contribution in [1.29, 1.82) is 0 Å². The van der Waals surface area contributed by atoms with Gasteiger partial charge in [0.25, 0.3) is 0 Å². The molecular formula is C15H20ClF2N. The Balaban J connectivity index is 2.04. The van der Waals surface area contributed by atoms with Crippen LogP contribution in [-0.2, 0) is 13.0 Å². The van der Waals surface area contributed by atoms with E-state index in [-0.39, 0.29) is 12.8 Å². The van der Waals surface area contributed by atoms with Gasteiger partial charge in [0.15, 0.2) is 0 Å². The zero-order chi connectivity index (χ0) is 13.9. The first kappa shape index (κ1) is 14.7. The number of benzene rings is 1. The van der Waals surface area contributed by atoms with E-state index in [1.807, 2.05) is 12.1 Å². The van der Waals surface area contributed by atoms with Crippen molar-refractivity contribution in [3.63, 3.8) is 0 Å². The van der Waals surface area contributed by atoms with Gasteiger partial charge in [0, 0.05) is 31.0 Å². The van der Waals surface area contributed by atoms with Crippen LogP contribution in [0.25, 0.3) is 0 Å². The number of alkyl halides is 2. The molecule has 0 spiro atoms. The Morgan fingerprint density at radius 3 is 2.79 bits per heavy atom. The molecule has 0 radical (unpaired) electrons. The van der Waals surface area contributed by atoms with Crippen LogP contribution in [0.5, 0.6) is 0 Å². The fourth-order valence-electron chi connectivity index (χ4n) is 2.49. The predicted octanol–water partition coefficient (Wildman–Crippen LogP) is 4.52. The lowest BCUT2D eigenvalue weighted by atomic mass is 10.1. The Bertz CT molecular complexity index is 434. The number of aryl methyl sites for hydroxylation is 1. The molecule has 1 nitrogen and oxygen atoms in total. The van der Waals surface area contributed by atoms with Crippen LogP contribution in [0.4, 0.5) is 8.78 Å². The minimum absolute atomic E-state index is 0.00618. The largest absolute Gasteiger partial charge is 0.299 e. The number of likely N-dealkylation sites (tertiary alicyclic amines) is 1. The molecule has 1 aliphatic rings. The predicted molar refractivity (Wildman–Crippen MR) is 74.9 cm³/mol. The standard InChI is InChI=1S/C15H20ClF2N/c1-2-12-4-5-14(16)13(10-12)11-19-8-3-6-15(17,18)7-9-19/h4-5,10H,2-3,6-9,11H2,1H3. The first-order chi connectivity index (χ1) is 9.00. The number of halogens is 3.